The average Bonchev–Trinajstić information content (AvgIpc) is 4.04. The van der Waals surface area contributed by atoms with Crippen LogP contribution in [0, 0.1) is 0 Å². The number of nitrogens with zero attached hydrogens (tertiary/aromatic N) is 4. The van der Waals surface area contributed by atoms with Crippen molar-refractivity contribution >= 4 is 65.7 Å². The molecule has 0 saturated heterocycles. The molecule has 0 N–H and O–H groups in total. The van der Waals surface area contributed by atoms with Gasteiger partial charge in [-0.25, -0.2) is 15.0 Å². The minimum atomic E-state index is 0.544. The van der Waals surface area contributed by atoms with Crippen LogP contribution in [0.3, 0.4) is 0 Å². The van der Waals surface area contributed by atoms with Gasteiger partial charge in [-0.1, -0.05) is 158 Å². The molecule has 9 aromatic carbocycles. The Bertz CT molecular complexity index is 3790. The Labute approximate surface area is 361 Å². The lowest BCUT2D eigenvalue weighted by atomic mass is 9.88. The van der Waals surface area contributed by atoms with Crippen molar-refractivity contribution < 1.29 is 8.83 Å². The van der Waals surface area contributed by atoms with Crippen LogP contribution in [0.15, 0.2) is 215 Å². The Balaban J connectivity index is 1.21. The molecule has 13 aromatic rings. The van der Waals surface area contributed by atoms with Gasteiger partial charge < -0.3 is 13.4 Å². The molecule has 0 spiro atoms. The highest BCUT2D eigenvalue weighted by atomic mass is 16.3. The zero-order valence-electron chi connectivity index (χ0n) is 33.7. The highest BCUT2D eigenvalue weighted by molar-refractivity contribution is 6.23. The Morgan fingerprint density at radius 3 is 1.46 bits per heavy atom. The molecule has 294 valence electrons. The number of rotatable bonds is 6. The van der Waals surface area contributed by atoms with Crippen molar-refractivity contribution in [3.05, 3.63) is 206 Å². The minimum absolute atomic E-state index is 0.544. The van der Waals surface area contributed by atoms with E-state index in [-0.39, 0.29) is 0 Å². The second-order valence-corrected chi connectivity index (χ2v) is 15.8. The number of hydrogen-bond donors (Lipinski definition) is 0. The van der Waals surface area contributed by atoms with Crippen LogP contribution in [-0.4, -0.2) is 19.5 Å². The van der Waals surface area contributed by atoms with Gasteiger partial charge in [-0.2, -0.15) is 0 Å². The number of benzene rings is 9. The summed E-state index contributed by atoms with van der Waals surface area (Å²) in [5, 5.41) is 6.35. The van der Waals surface area contributed by atoms with Gasteiger partial charge in [0.25, 0.3) is 0 Å². The van der Waals surface area contributed by atoms with Crippen molar-refractivity contribution in [1.82, 2.24) is 19.5 Å². The Kier molecular flexibility index (Phi) is 7.80. The topological polar surface area (TPSA) is 69.9 Å². The smallest absolute Gasteiger partial charge is 0.166 e. The van der Waals surface area contributed by atoms with Crippen LogP contribution >= 0.6 is 0 Å². The van der Waals surface area contributed by atoms with Crippen LogP contribution in [-0.2, 0) is 0 Å². The maximum atomic E-state index is 6.94. The molecule has 13 rings (SSSR count). The Hall–Kier alpha value is -8.61. The number of fused-ring (bicyclic) bond motifs is 9. The van der Waals surface area contributed by atoms with Gasteiger partial charge in [-0.05, 0) is 65.2 Å². The van der Waals surface area contributed by atoms with Crippen LogP contribution in [0.1, 0.15) is 0 Å². The summed E-state index contributed by atoms with van der Waals surface area (Å²) in [5.74, 6) is 1.71. The average molecular weight is 807 g/mol. The molecule has 4 aromatic heterocycles. The zero-order valence-corrected chi connectivity index (χ0v) is 33.7. The van der Waals surface area contributed by atoms with Crippen molar-refractivity contribution in [2.45, 2.75) is 0 Å². The van der Waals surface area contributed by atoms with Gasteiger partial charge in [-0.3, -0.25) is 0 Å². The van der Waals surface area contributed by atoms with E-state index in [4.69, 9.17) is 23.8 Å². The Morgan fingerprint density at radius 2 is 0.794 bits per heavy atom. The molecule has 0 saturated carbocycles. The molecule has 0 unspecified atom stereocenters. The summed E-state index contributed by atoms with van der Waals surface area (Å²) >= 11 is 0. The van der Waals surface area contributed by atoms with Crippen LogP contribution in [0.2, 0.25) is 0 Å². The summed E-state index contributed by atoms with van der Waals surface area (Å²) < 4.78 is 15.8. The predicted molar refractivity (Wildman–Crippen MR) is 256 cm³/mol. The van der Waals surface area contributed by atoms with Crippen LogP contribution in [0.5, 0.6) is 0 Å². The maximum Gasteiger partial charge on any atom is 0.166 e. The van der Waals surface area contributed by atoms with Gasteiger partial charge in [0.15, 0.2) is 17.5 Å². The van der Waals surface area contributed by atoms with E-state index >= 15 is 0 Å². The zero-order chi connectivity index (χ0) is 41.4. The molecule has 6 heteroatoms. The largest absolute Gasteiger partial charge is 0.456 e. The second kappa shape index (κ2) is 14.0. The van der Waals surface area contributed by atoms with E-state index in [1.807, 2.05) is 48.5 Å². The molecule has 0 aliphatic rings. The van der Waals surface area contributed by atoms with Crippen molar-refractivity contribution in [2.24, 2.45) is 0 Å². The number of hydrogen-bond acceptors (Lipinski definition) is 5. The molecule has 0 amide bonds. The summed E-state index contributed by atoms with van der Waals surface area (Å²) in [6, 6.07) is 71.3. The second-order valence-electron chi connectivity index (χ2n) is 15.8. The third-order valence-corrected chi connectivity index (χ3v) is 12.3. The van der Waals surface area contributed by atoms with Crippen molar-refractivity contribution in [3.63, 3.8) is 0 Å². The summed E-state index contributed by atoms with van der Waals surface area (Å²) in [7, 11) is 0. The number of furan rings is 2. The van der Waals surface area contributed by atoms with Crippen molar-refractivity contribution in [1.29, 1.82) is 0 Å². The molecule has 0 fully saturated rings. The fourth-order valence-electron chi connectivity index (χ4n) is 9.58. The third kappa shape index (κ3) is 5.48. The van der Waals surface area contributed by atoms with Gasteiger partial charge in [0.1, 0.15) is 22.3 Å². The lowest BCUT2D eigenvalue weighted by Crippen LogP contribution is -2.04. The van der Waals surface area contributed by atoms with E-state index in [1.54, 1.807) is 0 Å². The fraction of sp³-hybridized carbons (Fsp3) is 0. The van der Waals surface area contributed by atoms with Gasteiger partial charge >= 0.3 is 0 Å². The van der Waals surface area contributed by atoms with E-state index < -0.39 is 0 Å². The van der Waals surface area contributed by atoms with E-state index in [1.165, 1.54) is 0 Å². The van der Waals surface area contributed by atoms with Gasteiger partial charge in [0.05, 0.1) is 22.3 Å². The molecule has 0 atom stereocenters. The molecule has 0 aliphatic heterocycles. The van der Waals surface area contributed by atoms with Gasteiger partial charge in [-0.15, -0.1) is 0 Å². The molecular formula is C57H34N4O2. The predicted octanol–water partition coefficient (Wildman–Crippen LogP) is 15.1. The molecule has 6 nitrogen and oxygen atoms in total. The van der Waals surface area contributed by atoms with Crippen molar-refractivity contribution in [2.75, 3.05) is 0 Å². The summed E-state index contributed by atoms with van der Waals surface area (Å²) in [4.78, 5) is 15.9. The first-order valence-electron chi connectivity index (χ1n) is 21.1. The van der Waals surface area contributed by atoms with E-state index in [2.05, 4.69) is 162 Å². The van der Waals surface area contributed by atoms with E-state index in [0.717, 1.165) is 110 Å². The lowest BCUT2D eigenvalue weighted by Gasteiger charge is -2.17. The first-order chi connectivity index (χ1) is 31.3. The van der Waals surface area contributed by atoms with Crippen LogP contribution in [0.25, 0.3) is 128 Å². The fourth-order valence-corrected chi connectivity index (χ4v) is 9.58. The van der Waals surface area contributed by atoms with Crippen LogP contribution < -0.4 is 0 Å². The van der Waals surface area contributed by atoms with E-state index in [9.17, 15) is 0 Å². The van der Waals surface area contributed by atoms with E-state index in [0.29, 0.717) is 17.5 Å². The third-order valence-electron chi connectivity index (χ3n) is 12.3. The molecule has 4 heterocycles. The summed E-state index contributed by atoms with van der Waals surface area (Å²) in [6.45, 7) is 0. The number of para-hydroxylation sites is 3. The monoisotopic (exact) mass is 806 g/mol. The summed E-state index contributed by atoms with van der Waals surface area (Å²) in [5.41, 5.74) is 13.2. The number of aromatic nitrogens is 4. The standard InChI is InChI=1S/C57H34N4O2/c1-4-17-35(18-5-1)50-41(31-33-48-52(50)42-25-12-15-29-46(42)62-48)40-26-16-30-47-51(40)54-49(63-47)34-32-45(61-43-27-13-10-23-38(43)39-24-11-14-28-44(39)61)53(54)57-59-55(36-19-6-2-7-20-36)58-56(60-57)37-21-8-3-9-22-37/h1-34H. The molecule has 63 heavy (non-hydrogen) atoms. The SMILES string of the molecule is c1ccc(-c2nc(-c3ccccc3)nc(-c3c(-n4c5ccccc5c5ccccc54)ccc4oc5cccc(-c6ccc7oc8ccccc8c7c6-c6ccccc6)c5c34)n2)cc1. The highest BCUT2D eigenvalue weighted by Crippen LogP contribution is 2.49. The Morgan fingerprint density at radius 1 is 0.302 bits per heavy atom. The summed E-state index contributed by atoms with van der Waals surface area (Å²) in [6.07, 6.45) is 0. The maximum absolute atomic E-state index is 6.94. The highest BCUT2D eigenvalue weighted by Gasteiger charge is 2.27. The molecule has 0 aliphatic carbocycles. The van der Waals surface area contributed by atoms with Gasteiger partial charge in [0.2, 0.25) is 0 Å². The quantitative estimate of drug-likeness (QED) is 0.167. The van der Waals surface area contributed by atoms with Crippen LogP contribution in [0.4, 0.5) is 0 Å². The van der Waals surface area contributed by atoms with Gasteiger partial charge in [0, 0.05) is 49.0 Å². The lowest BCUT2D eigenvalue weighted by molar-refractivity contribution is 0.669. The molecule has 0 bridgehead atoms. The minimum Gasteiger partial charge on any atom is -0.456 e. The normalized spacial score (nSPS) is 11.8. The first kappa shape index (κ1) is 35.2. The first-order valence-corrected chi connectivity index (χ1v) is 21.1. The van der Waals surface area contributed by atoms with Crippen molar-refractivity contribution in [3.8, 4) is 62.1 Å². The molecular weight excluding hydrogens is 773 g/mol. The molecule has 0 radical (unpaired) electrons.